The summed E-state index contributed by atoms with van der Waals surface area (Å²) in [4.78, 5) is 28.3. The maximum Gasteiger partial charge on any atom is 0.166 e. The predicted molar refractivity (Wildman–Crippen MR) is 102 cm³/mol. The minimum Gasteiger partial charge on any atom is -0.367 e. The summed E-state index contributed by atoms with van der Waals surface area (Å²) in [6.45, 7) is 1.80. The van der Waals surface area contributed by atoms with Crippen LogP contribution < -0.4 is 4.90 Å². The van der Waals surface area contributed by atoms with E-state index in [1.54, 1.807) is 12.4 Å². The molecule has 3 aromatic rings. The highest BCUT2D eigenvalue weighted by Gasteiger charge is 2.38. The minimum absolute atomic E-state index is 0.199. The fraction of sp³-hybridized carbons (Fsp3) is 0.333. The largest absolute Gasteiger partial charge is 0.367 e. The molecule has 1 aliphatic heterocycles. The molecule has 0 unspecified atom stereocenters. The van der Waals surface area contributed by atoms with E-state index >= 15 is 0 Å². The van der Waals surface area contributed by atoms with Gasteiger partial charge in [0.05, 0.1) is 18.7 Å². The van der Waals surface area contributed by atoms with Gasteiger partial charge in [0.1, 0.15) is 11.9 Å². The number of hydrogen-bond acceptors (Lipinski definition) is 6. The second kappa shape index (κ2) is 6.70. The second-order valence-electron chi connectivity index (χ2n) is 7.11. The Morgan fingerprint density at radius 2 is 1.89 bits per heavy atom. The van der Waals surface area contributed by atoms with E-state index in [2.05, 4.69) is 9.88 Å². The van der Waals surface area contributed by atoms with Crippen LogP contribution >= 0.6 is 0 Å². The first kappa shape index (κ1) is 16.3. The van der Waals surface area contributed by atoms with Crippen molar-refractivity contribution in [2.75, 3.05) is 24.6 Å². The molecule has 0 radical (unpaired) electrons. The van der Waals surface area contributed by atoms with Crippen molar-refractivity contribution < 1.29 is 9.53 Å². The van der Waals surface area contributed by atoms with Crippen molar-refractivity contribution in [2.45, 2.75) is 18.9 Å². The Labute approximate surface area is 157 Å². The van der Waals surface area contributed by atoms with Crippen LogP contribution in [0.5, 0.6) is 0 Å². The van der Waals surface area contributed by atoms with Gasteiger partial charge < -0.3 is 9.64 Å². The fourth-order valence-electron chi connectivity index (χ4n) is 3.58. The van der Waals surface area contributed by atoms with Crippen molar-refractivity contribution in [3.05, 3.63) is 48.8 Å². The molecular formula is C21H20N4O2. The molecule has 1 aromatic carbocycles. The van der Waals surface area contributed by atoms with Crippen molar-refractivity contribution in [3.63, 3.8) is 0 Å². The molecular weight excluding hydrogens is 340 g/mol. The molecule has 27 heavy (non-hydrogen) atoms. The third-order valence-electron chi connectivity index (χ3n) is 5.18. The van der Waals surface area contributed by atoms with Crippen molar-refractivity contribution in [1.82, 2.24) is 15.0 Å². The quantitative estimate of drug-likeness (QED) is 0.713. The maximum absolute atomic E-state index is 12.5. The third kappa shape index (κ3) is 3.17. The molecule has 2 fully saturated rings. The molecule has 2 aliphatic rings. The van der Waals surface area contributed by atoms with Gasteiger partial charge in [-0.05, 0) is 37.1 Å². The van der Waals surface area contributed by atoms with Gasteiger partial charge in [-0.15, -0.1) is 0 Å². The van der Waals surface area contributed by atoms with Crippen LogP contribution in [0, 0.1) is 5.92 Å². The normalized spacial score (nSPS) is 20.0. The van der Waals surface area contributed by atoms with Crippen LogP contribution in [0.25, 0.3) is 22.3 Å². The van der Waals surface area contributed by atoms with Gasteiger partial charge in [-0.1, -0.05) is 12.1 Å². The topological polar surface area (TPSA) is 68.2 Å². The molecule has 0 amide bonds. The summed E-state index contributed by atoms with van der Waals surface area (Å²) in [5.41, 5.74) is 1.82. The SMILES string of the molecule is O=C(C1CC1)[C@@H]1CN(c2nc(-c3ccncc3)nc3ccccc23)CCO1. The number of fused-ring (bicyclic) bond motifs is 1. The number of anilines is 1. The molecule has 0 bridgehead atoms. The van der Waals surface area contributed by atoms with E-state index in [-0.39, 0.29) is 17.8 Å². The lowest BCUT2D eigenvalue weighted by Crippen LogP contribution is -2.47. The van der Waals surface area contributed by atoms with Crippen LogP contribution in [0.15, 0.2) is 48.8 Å². The molecule has 6 nitrogen and oxygen atoms in total. The Balaban J connectivity index is 1.56. The lowest BCUT2D eigenvalue weighted by Gasteiger charge is -2.33. The molecule has 1 saturated heterocycles. The van der Waals surface area contributed by atoms with Gasteiger partial charge in [-0.3, -0.25) is 9.78 Å². The molecule has 0 spiro atoms. The first-order chi connectivity index (χ1) is 13.3. The van der Waals surface area contributed by atoms with Gasteiger partial charge in [0.25, 0.3) is 0 Å². The average molecular weight is 360 g/mol. The van der Waals surface area contributed by atoms with E-state index in [9.17, 15) is 4.79 Å². The summed E-state index contributed by atoms with van der Waals surface area (Å²) < 4.78 is 5.78. The Morgan fingerprint density at radius 1 is 1.07 bits per heavy atom. The molecule has 5 rings (SSSR count). The summed E-state index contributed by atoms with van der Waals surface area (Å²) in [6.07, 6.45) is 5.13. The van der Waals surface area contributed by atoms with Gasteiger partial charge in [-0.2, -0.15) is 0 Å². The highest BCUT2D eigenvalue weighted by molar-refractivity contribution is 5.92. The highest BCUT2D eigenvalue weighted by Crippen LogP contribution is 2.33. The molecule has 1 atom stereocenters. The zero-order valence-electron chi connectivity index (χ0n) is 14.9. The minimum atomic E-state index is -0.357. The molecule has 0 N–H and O–H groups in total. The molecule has 1 aliphatic carbocycles. The number of pyridine rings is 1. The summed E-state index contributed by atoms with van der Waals surface area (Å²) in [7, 11) is 0. The number of nitrogens with zero attached hydrogens (tertiary/aromatic N) is 4. The fourth-order valence-corrected chi connectivity index (χ4v) is 3.58. The number of morpholine rings is 1. The number of para-hydroxylation sites is 1. The van der Waals surface area contributed by atoms with Crippen LogP contribution in [-0.4, -0.2) is 46.5 Å². The average Bonchev–Trinajstić information content (AvgIpc) is 3.58. The van der Waals surface area contributed by atoms with E-state index in [4.69, 9.17) is 14.7 Å². The van der Waals surface area contributed by atoms with E-state index in [1.807, 2.05) is 36.4 Å². The van der Waals surface area contributed by atoms with Gasteiger partial charge >= 0.3 is 0 Å². The number of aromatic nitrogens is 3. The van der Waals surface area contributed by atoms with Crippen LogP contribution in [0.3, 0.4) is 0 Å². The Bertz CT molecular complexity index is 988. The Morgan fingerprint density at radius 3 is 2.70 bits per heavy atom. The highest BCUT2D eigenvalue weighted by atomic mass is 16.5. The smallest absolute Gasteiger partial charge is 0.166 e. The first-order valence-corrected chi connectivity index (χ1v) is 9.37. The number of ether oxygens (including phenoxy) is 1. The zero-order chi connectivity index (χ0) is 18.2. The van der Waals surface area contributed by atoms with E-state index in [0.717, 1.165) is 35.1 Å². The van der Waals surface area contributed by atoms with Gasteiger partial charge in [0.2, 0.25) is 0 Å². The number of benzene rings is 1. The number of carbonyl (C=O) groups is 1. The standard InChI is InChI=1S/C21H20N4O2/c26-19(14-5-6-14)18-13-25(11-12-27-18)21-16-3-1-2-4-17(16)23-20(24-21)15-7-9-22-10-8-15/h1-4,7-10,14,18H,5-6,11-13H2/t18-/m0/s1. The monoisotopic (exact) mass is 360 g/mol. The van der Waals surface area contributed by atoms with Crippen molar-refractivity contribution >= 4 is 22.5 Å². The number of Topliss-reactive ketones (excluding diaryl/α,β-unsaturated/α-hetero) is 1. The number of rotatable bonds is 4. The third-order valence-corrected chi connectivity index (χ3v) is 5.18. The lowest BCUT2D eigenvalue weighted by molar-refractivity contribution is -0.132. The van der Waals surface area contributed by atoms with Crippen molar-refractivity contribution in [1.29, 1.82) is 0 Å². The molecule has 1 saturated carbocycles. The van der Waals surface area contributed by atoms with Crippen LogP contribution in [0.2, 0.25) is 0 Å². The van der Waals surface area contributed by atoms with Crippen LogP contribution in [0.4, 0.5) is 5.82 Å². The Hall–Kier alpha value is -2.86. The Kier molecular flexibility index (Phi) is 4.05. The first-order valence-electron chi connectivity index (χ1n) is 9.37. The molecule has 136 valence electrons. The van der Waals surface area contributed by atoms with E-state index in [0.29, 0.717) is 25.5 Å². The van der Waals surface area contributed by atoms with Gasteiger partial charge in [0, 0.05) is 35.8 Å². The van der Waals surface area contributed by atoms with Gasteiger partial charge in [-0.25, -0.2) is 9.97 Å². The summed E-state index contributed by atoms with van der Waals surface area (Å²) in [5.74, 6) is 1.98. The summed E-state index contributed by atoms with van der Waals surface area (Å²) in [6, 6.07) is 11.8. The zero-order valence-corrected chi connectivity index (χ0v) is 14.9. The molecule has 2 aromatic heterocycles. The second-order valence-corrected chi connectivity index (χ2v) is 7.11. The number of hydrogen-bond donors (Lipinski definition) is 0. The number of ketones is 1. The van der Waals surface area contributed by atoms with Gasteiger partial charge in [0.15, 0.2) is 11.6 Å². The lowest BCUT2D eigenvalue weighted by atomic mass is 10.1. The number of carbonyl (C=O) groups excluding carboxylic acids is 1. The van der Waals surface area contributed by atoms with Crippen LogP contribution in [0.1, 0.15) is 12.8 Å². The summed E-state index contributed by atoms with van der Waals surface area (Å²) >= 11 is 0. The molecule has 6 heteroatoms. The molecule has 3 heterocycles. The predicted octanol–water partition coefficient (Wildman–Crippen LogP) is 2.88. The van der Waals surface area contributed by atoms with Crippen molar-refractivity contribution in [3.8, 4) is 11.4 Å². The summed E-state index contributed by atoms with van der Waals surface area (Å²) in [5, 5.41) is 0.995. The van der Waals surface area contributed by atoms with Crippen LogP contribution in [-0.2, 0) is 9.53 Å². The maximum atomic E-state index is 12.5. The van der Waals surface area contributed by atoms with Crippen molar-refractivity contribution in [2.24, 2.45) is 5.92 Å². The van der Waals surface area contributed by atoms with E-state index < -0.39 is 0 Å². The van der Waals surface area contributed by atoms with E-state index in [1.165, 1.54) is 0 Å².